The van der Waals surface area contributed by atoms with Gasteiger partial charge in [-0.2, -0.15) is 5.10 Å². The van der Waals surface area contributed by atoms with Crippen LogP contribution in [0.4, 0.5) is 5.69 Å². The maximum atomic E-state index is 13.0. The Hall–Kier alpha value is -4.11. The van der Waals surface area contributed by atoms with Gasteiger partial charge in [0.1, 0.15) is 5.69 Å². The van der Waals surface area contributed by atoms with Crippen molar-refractivity contribution in [2.45, 2.75) is 39.7 Å². The van der Waals surface area contributed by atoms with E-state index in [-0.39, 0.29) is 23.6 Å². The number of rotatable bonds is 11. The van der Waals surface area contributed by atoms with Crippen molar-refractivity contribution in [2.24, 2.45) is 4.99 Å². The van der Waals surface area contributed by atoms with Crippen molar-refractivity contribution in [3.63, 3.8) is 0 Å². The van der Waals surface area contributed by atoms with Gasteiger partial charge in [-0.1, -0.05) is 26.0 Å². The van der Waals surface area contributed by atoms with Crippen LogP contribution in [0.15, 0.2) is 59.4 Å². The molecule has 2 heterocycles. The van der Waals surface area contributed by atoms with E-state index >= 15 is 0 Å². The van der Waals surface area contributed by atoms with E-state index < -0.39 is 0 Å². The molecule has 0 aliphatic carbocycles. The minimum atomic E-state index is -0.370. The van der Waals surface area contributed by atoms with Crippen molar-refractivity contribution in [3.8, 4) is 0 Å². The number of carbonyl (C=O) groups excluding carboxylic acids is 2. The van der Waals surface area contributed by atoms with Gasteiger partial charge in [0.2, 0.25) is 0 Å². The first-order valence-electron chi connectivity index (χ1n) is 12.3. The molecule has 0 aliphatic heterocycles. The van der Waals surface area contributed by atoms with E-state index in [1.54, 1.807) is 18.3 Å². The smallest absolute Gasteiger partial charge is 0.276 e. The van der Waals surface area contributed by atoms with Crippen LogP contribution in [0, 0.1) is 0 Å². The highest BCUT2D eigenvalue weighted by atomic mass is 16.2. The van der Waals surface area contributed by atoms with E-state index in [4.69, 9.17) is 0 Å². The molecule has 2 amide bonds. The van der Waals surface area contributed by atoms with Gasteiger partial charge in [-0.25, -0.2) is 4.98 Å². The second kappa shape index (κ2) is 12.7. The van der Waals surface area contributed by atoms with Crippen LogP contribution in [-0.4, -0.2) is 65.3 Å². The summed E-state index contributed by atoms with van der Waals surface area (Å²) in [7, 11) is 3.99. The number of carbonyl (C=O) groups is 2. The zero-order valence-corrected chi connectivity index (χ0v) is 22.1. The lowest BCUT2D eigenvalue weighted by Gasteiger charge is -2.14. The summed E-state index contributed by atoms with van der Waals surface area (Å²) in [6.45, 7) is 10.4. The number of amides is 2. The molecular weight excluding hydrogens is 466 g/mol. The highest BCUT2D eigenvalue weighted by molar-refractivity contribution is 6.11. The number of benzene rings is 1. The summed E-state index contributed by atoms with van der Waals surface area (Å²) in [5.41, 5.74) is 4.82. The molecule has 0 aliphatic rings. The van der Waals surface area contributed by atoms with Crippen molar-refractivity contribution in [3.05, 3.63) is 71.3 Å². The molecule has 9 nitrogen and oxygen atoms in total. The lowest BCUT2D eigenvalue weighted by atomic mass is 10.0. The Morgan fingerprint density at radius 2 is 1.92 bits per heavy atom. The van der Waals surface area contributed by atoms with Crippen molar-refractivity contribution >= 4 is 40.7 Å². The quantitative estimate of drug-likeness (QED) is 0.261. The third kappa shape index (κ3) is 7.20. The SMILES string of the molecule is C=N/C=C(\C=C(/C)c1ccc2[nH]nc(C(=O)Nc3ccc(C(=O)NC(CC)CC)nc3)c2c1)CN(C)C. The second-order valence-corrected chi connectivity index (χ2v) is 9.16. The Kier molecular flexibility index (Phi) is 9.45. The number of nitrogens with one attached hydrogen (secondary N) is 3. The molecule has 0 radical (unpaired) electrons. The molecule has 0 spiro atoms. The number of aromatic amines is 1. The van der Waals surface area contributed by atoms with Gasteiger partial charge in [0.25, 0.3) is 11.8 Å². The number of allylic oxidation sites excluding steroid dienone is 1. The number of anilines is 1. The number of hydrogen-bond donors (Lipinski definition) is 3. The summed E-state index contributed by atoms with van der Waals surface area (Å²) in [6.07, 6.45) is 6.98. The average Bonchev–Trinajstić information content (AvgIpc) is 3.30. The molecule has 0 fully saturated rings. The molecule has 0 saturated carbocycles. The number of pyridine rings is 1. The molecule has 0 unspecified atom stereocenters. The van der Waals surface area contributed by atoms with E-state index in [2.05, 4.69) is 48.5 Å². The van der Waals surface area contributed by atoms with Gasteiger partial charge in [0.05, 0.1) is 17.4 Å². The predicted octanol–water partition coefficient (Wildman–Crippen LogP) is 4.68. The minimum Gasteiger partial charge on any atom is -0.348 e. The first kappa shape index (κ1) is 27.5. The first-order chi connectivity index (χ1) is 17.7. The zero-order valence-electron chi connectivity index (χ0n) is 22.1. The standard InChI is InChI=1S/C28H35N7O2/c1-7-21(8-2)31-27(36)25-12-10-22(16-30-25)32-28(37)26-23-14-20(9-11-24(23)33-34-26)18(3)13-19(15-29-4)17-35(5)6/h9-16,21H,4,7-8,17H2,1-3,5-6H3,(H,31,36)(H,32,37)(H,33,34)/b18-13+,19-15+. The normalized spacial score (nSPS) is 12.3. The van der Waals surface area contributed by atoms with Gasteiger partial charge in [0.15, 0.2) is 5.69 Å². The largest absolute Gasteiger partial charge is 0.348 e. The summed E-state index contributed by atoms with van der Waals surface area (Å²) >= 11 is 0. The minimum absolute atomic E-state index is 0.110. The van der Waals surface area contributed by atoms with Gasteiger partial charge in [-0.3, -0.25) is 19.7 Å². The Morgan fingerprint density at radius 3 is 2.54 bits per heavy atom. The molecule has 0 saturated heterocycles. The molecule has 0 atom stereocenters. The van der Waals surface area contributed by atoms with Crippen LogP contribution in [0.25, 0.3) is 16.5 Å². The molecule has 194 valence electrons. The van der Waals surface area contributed by atoms with Crippen LogP contribution in [-0.2, 0) is 0 Å². The number of hydrogen-bond acceptors (Lipinski definition) is 6. The Morgan fingerprint density at radius 1 is 1.16 bits per heavy atom. The molecule has 2 aromatic heterocycles. The molecule has 3 N–H and O–H groups in total. The molecule has 9 heteroatoms. The Bertz CT molecular complexity index is 1320. The van der Waals surface area contributed by atoms with Gasteiger partial charge >= 0.3 is 0 Å². The zero-order chi connectivity index (χ0) is 26.9. The van der Waals surface area contributed by atoms with Crippen molar-refractivity contribution < 1.29 is 9.59 Å². The van der Waals surface area contributed by atoms with Crippen LogP contribution < -0.4 is 10.6 Å². The lowest BCUT2D eigenvalue weighted by molar-refractivity contribution is 0.0929. The third-order valence-electron chi connectivity index (χ3n) is 5.97. The van der Waals surface area contributed by atoms with Gasteiger partial charge in [-0.05, 0) is 81.6 Å². The maximum absolute atomic E-state index is 13.0. The summed E-state index contributed by atoms with van der Waals surface area (Å²) < 4.78 is 0. The Labute approximate surface area is 217 Å². The number of aromatic nitrogens is 3. The van der Waals surface area contributed by atoms with E-state index in [9.17, 15) is 9.59 Å². The highest BCUT2D eigenvalue weighted by Crippen LogP contribution is 2.24. The number of nitrogens with zero attached hydrogens (tertiary/aromatic N) is 4. The van der Waals surface area contributed by atoms with Gasteiger partial charge in [-0.15, -0.1) is 0 Å². The van der Waals surface area contributed by atoms with E-state index in [1.807, 2.05) is 53.1 Å². The fraction of sp³-hybridized carbons (Fsp3) is 0.321. The van der Waals surface area contributed by atoms with E-state index in [0.717, 1.165) is 41.6 Å². The number of aliphatic imine (C=N–C) groups is 1. The summed E-state index contributed by atoms with van der Waals surface area (Å²) in [5.74, 6) is -0.599. The molecule has 0 bridgehead atoms. The number of fused-ring (bicyclic) bond motifs is 1. The Balaban J connectivity index is 1.79. The van der Waals surface area contributed by atoms with Crippen LogP contribution in [0.2, 0.25) is 0 Å². The summed E-state index contributed by atoms with van der Waals surface area (Å²) in [4.78, 5) is 35.6. The van der Waals surface area contributed by atoms with Crippen molar-refractivity contribution in [1.82, 2.24) is 25.4 Å². The van der Waals surface area contributed by atoms with Crippen LogP contribution in [0.1, 0.15) is 60.2 Å². The van der Waals surface area contributed by atoms with Crippen LogP contribution >= 0.6 is 0 Å². The molecule has 3 rings (SSSR count). The van der Waals surface area contributed by atoms with E-state index in [1.165, 1.54) is 6.20 Å². The lowest BCUT2D eigenvalue weighted by Crippen LogP contribution is -2.34. The first-order valence-corrected chi connectivity index (χ1v) is 12.3. The third-order valence-corrected chi connectivity index (χ3v) is 5.97. The second-order valence-electron chi connectivity index (χ2n) is 9.16. The molecule has 37 heavy (non-hydrogen) atoms. The molecule has 3 aromatic rings. The summed E-state index contributed by atoms with van der Waals surface area (Å²) in [6, 6.07) is 9.20. The monoisotopic (exact) mass is 501 g/mol. The predicted molar refractivity (Wildman–Crippen MR) is 150 cm³/mol. The highest BCUT2D eigenvalue weighted by Gasteiger charge is 2.17. The van der Waals surface area contributed by atoms with Gasteiger partial charge in [0, 0.05) is 24.2 Å². The molecular formula is C28H35N7O2. The summed E-state index contributed by atoms with van der Waals surface area (Å²) in [5, 5.41) is 13.6. The number of H-pyrrole nitrogens is 1. The van der Waals surface area contributed by atoms with Crippen LogP contribution in [0.3, 0.4) is 0 Å². The fourth-order valence-electron chi connectivity index (χ4n) is 3.94. The average molecular weight is 502 g/mol. The maximum Gasteiger partial charge on any atom is 0.276 e. The topological polar surface area (TPSA) is 115 Å². The van der Waals surface area contributed by atoms with Crippen molar-refractivity contribution in [2.75, 3.05) is 26.0 Å². The van der Waals surface area contributed by atoms with Gasteiger partial charge < -0.3 is 15.5 Å². The van der Waals surface area contributed by atoms with Crippen molar-refractivity contribution in [1.29, 1.82) is 0 Å². The molecule has 1 aromatic carbocycles. The number of likely N-dealkylation sites (N-methyl/N-ethyl adjacent to an activating group) is 1. The fourth-order valence-corrected chi connectivity index (χ4v) is 3.94. The van der Waals surface area contributed by atoms with E-state index in [0.29, 0.717) is 16.8 Å². The van der Waals surface area contributed by atoms with Crippen LogP contribution in [0.5, 0.6) is 0 Å².